The summed E-state index contributed by atoms with van der Waals surface area (Å²) in [6, 6.07) is 9.45. The predicted octanol–water partition coefficient (Wildman–Crippen LogP) is 2.12. The molecule has 0 aliphatic carbocycles. The van der Waals surface area contributed by atoms with E-state index in [1.54, 1.807) is 20.8 Å². The van der Waals surface area contributed by atoms with Crippen molar-refractivity contribution in [1.82, 2.24) is 0 Å². The molecule has 3 saturated heterocycles. The summed E-state index contributed by atoms with van der Waals surface area (Å²) in [6.07, 6.45) is -3.82. The lowest BCUT2D eigenvalue weighted by molar-refractivity contribution is -0.385. The average molecular weight is 406 g/mol. The van der Waals surface area contributed by atoms with Gasteiger partial charge in [-0.15, -0.1) is 0 Å². The van der Waals surface area contributed by atoms with Crippen molar-refractivity contribution in [1.29, 1.82) is 0 Å². The zero-order valence-corrected chi connectivity index (χ0v) is 17.0. The summed E-state index contributed by atoms with van der Waals surface area (Å²) in [7, 11) is 1.44. The van der Waals surface area contributed by atoms with Crippen LogP contribution in [0.5, 0.6) is 0 Å². The standard InChI is InChI=1S/C21H26O8/c1-20(2,3)19(23)28-16-15-13(29-21(24-4)10-14(22)26-17(16)21)11-25-18(27-15)12-8-6-5-7-9-12/h5-9,13,15-18H,10-11H2,1-4H3/t13-,15-,16+,17-,18?,21-/m1/s1. The molecule has 0 N–H and O–H groups in total. The van der Waals surface area contributed by atoms with E-state index in [2.05, 4.69) is 0 Å². The zero-order valence-electron chi connectivity index (χ0n) is 17.0. The molecule has 0 radical (unpaired) electrons. The van der Waals surface area contributed by atoms with Crippen molar-refractivity contribution in [3.63, 3.8) is 0 Å². The van der Waals surface area contributed by atoms with Gasteiger partial charge in [0.2, 0.25) is 5.79 Å². The Morgan fingerprint density at radius 3 is 2.59 bits per heavy atom. The van der Waals surface area contributed by atoms with Crippen LogP contribution < -0.4 is 0 Å². The van der Waals surface area contributed by atoms with Gasteiger partial charge in [-0.3, -0.25) is 9.59 Å². The second-order valence-corrected chi connectivity index (χ2v) is 8.56. The minimum atomic E-state index is -1.34. The molecule has 0 saturated carbocycles. The van der Waals surface area contributed by atoms with Crippen LogP contribution in [0, 0.1) is 5.41 Å². The zero-order chi connectivity index (χ0) is 20.8. The highest BCUT2D eigenvalue weighted by molar-refractivity contribution is 5.76. The van der Waals surface area contributed by atoms with E-state index in [-0.39, 0.29) is 13.0 Å². The number of rotatable bonds is 3. The summed E-state index contributed by atoms with van der Waals surface area (Å²) in [5.74, 6) is -2.25. The SMILES string of the molecule is CO[C@@]12CC(=O)O[C@@H]1[C@@H](OC(=O)C(C)(C)C)[C@@H]1OC(c3ccccc3)OC[C@H]1O2. The Balaban J connectivity index is 1.65. The average Bonchev–Trinajstić information content (AvgIpc) is 3.03. The first kappa shape index (κ1) is 20.3. The molecule has 3 heterocycles. The summed E-state index contributed by atoms with van der Waals surface area (Å²) in [6.45, 7) is 5.47. The number of hydrogen-bond donors (Lipinski definition) is 0. The van der Waals surface area contributed by atoms with Gasteiger partial charge in [-0.1, -0.05) is 30.3 Å². The first-order valence-corrected chi connectivity index (χ1v) is 9.69. The Kier molecular flexibility index (Phi) is 5.14. The van der Waals surface area contributed by atoms with Crippen LogP contribution in [-0.4, -0.2) is 55.9 Å². The lowest BCUT2D eigenvalue weighted by Gasteiger charge is -2.50. The largest absolute Gasteiger partial charge is 0.455 e. The van der Waals surface area contributed by atoms with Crippen molar-refractivity contribution in [3.8, 4) is 0 Å². The van der Waals surface area contributed by atoms with E-state index in [9.17, 15) is 9.59 Å². The fourth-order valence-electron chi connectivity index (χ4n) is 3.82. The van der Waals surface area contributed by atoms with Gasteiger partial charge >= 0.3 is 11.9 Å². The molecule has 3 aliphatic heterocycles. The van der Waals surface area contributed by atoms with Crippen LogP contribution in [0.4, 0.5) is 0 Å². The van der Waals surface area contributed by atoms with Crippen LogP contribution in [0.3, 0.4) is 0 Å². The fourth-order valence-corrected chi connectivity index (χ4v) is 3.82. The Bertz CT molecular complexity index is 773. The number of carbonyl (C=O) groups is 2. The van der Waals surface area contributed by atoms with Gasteiger partial charge in [0.15, 0.2) is 18.5 Å². The molecule has 158 valence electrons. The number of hydrogen-bond acceptors (Lipinski definition) is 8. The maximum atomic E-state index is 12.7. The van der Waals surface area contributed by atoms with Gasteiger partial charge in [0.1, 0.15) is 18.6 Å². The highest BCUT2D eigenvalue weighted by Crippen LogP contribution is 2.45. The molecule has 4 rings (SSSR count). The third-order valence-electron chi connectivity index (χ3n) is 5.39. The van der Waals surface area contributed by atoms with E-state index < -0.39 is 53.8 Å². The molecule has 0 aromatic heterocycles. The van der Waals surface area contributed by atoms with Crippen LogP contribution in [-0.2, 0) is 38.0 Å². The number of fused-ring (bicyclic) bond motifs is 2. The summed E-state index contributed by atoms with van der Waals surface area (Å²) >= 11 is 0. The molecule has 0 spiro atoms. The van der Waals surface area contributed by atoms with Gasteiger partial charge < -0.3 is 28.4 Å². The number of methoxy groups -OCH3 is 1. The first-order chi connectivity index (χ1) is 13.7. The van der Waals surface area contributed by atoms with Gasteiger partial charge in [-0.05, 0) is 20.8 Å². The Hall–Kier alpha value is -2.00. The number of esters is 2. The highest BCUT2D eigenvalue weighted by Gasteiger charge is 2.65. The minimum absolute atomic E-state index is 0.0942. The summed E-state index contributed by atoms with van der Waals surface area (Å²) in [5, 5.41) is 0. The molecule has 6 atom stereocenters. The van der Waals surface area contributed by atoms with Crippen molar-refractivity contribution in [2.45, 2.75) is 63.7 Å². The monoisotopic (exact) mass is 406 g/mol. The van der Waals surface area contributed by atoms with Crippen LogP contribution in [0.2, 0.25) is 0 Å². The molecule has 1 aromatic carbocycles. The van der Waals surface area contributed by atoms with Crippen molar-refractivity contribution < 1.29 is 38.0 Å². The maximum absolute atomic E-state index is 12.7. The van der Waals surface area contributed by atoms with Gasteiger partial charge in [0, 0.05) is 12.7 Å². The molecule has 0 bridgehead atoms. The lowest BCUT2D eigenvalue weighted by Crippen LogP contribution is -2.67. The van der Waals surface area contributed by atoms with E-state index in [1.165, 1.54) is 7.11 Å². The molecular formula is C21H26O8. The van der Waals surface area contributed by atoms with E-state index >= 15 is 0 Å². The molecule has 3 fully saturated rings. The van der Waals surface area contributed by atoms with Crippen LogP contribution in [0.15, 0.2) is 30.3 Å². The summed E-state index contributed by atoms with van der Waals surface area (Å²) in [5.41, 5.74) is 0.0923. The second-order valence-electron chi connectivity index (χ2n) is 8.56. The Morgan fingerprint density at radius 1 is 1.21 bits per heavy atom. The molecule has 29 heavy (non-hydrogen) atoms. The molecule has 8 heteroatoms. The molecule has 1 unspecified atom stereocenters. The summed E-state index contributed by atoms with van der Waals surface area (Å²) < 4.78 is 35.0. The topological polar surface area (TPSA) is 89.5 Å². The van der Waals surface area contributed by atoms with Gasteiger partial charge in [-0.25, -0.2) is 0 Å². The van der Waals surface area contributed by atoms with Crippen molar-refractivity contribution in [3.05, 3.63) is 35.9 Å². The molecule has 0 amide bonds. The number of benzene rings is 1. The van der Waals surface area contributed by atoms with Gasteiger partial charge in [-0.2, -0.15) is 0 Å². The van der Waals surface area contributed by atoms with Crippen molar-refractivity contribution in [2.24, 2.45) is 5.41 Å². The number of carbonyl (C=O) groups excluding carboxylic acids is 2. The predicted molar refractivity (Wildman–Crippen MR) is 98.5 cm³/mol. The van der Waals surface area contributed by atoms with E-state index in [0.29, 0.717) is 0 Å². The smallest absolute Gasteiger partial charge is 0.312 e. The van der Waals surface area contributed by atoms with E-state index in [0.717, 1.165) is 5.56 Å². The third-order valence-corrected chi connectivity index (χ3v) is 5.39. The summed E-state index contributed by atoms with van der Waals surface area (Å²) in [4.78, 5) is 24.8. The first-order valence-electron chi connectivity index (χ1n) is 9.69. The van der Waals surface area contributed by atoms with Crippen molar-refractivity contribution in [2.75, 3.05) is 13.7 Å². The van der Waals surface area contributed by atoms with Crippen LogP contribution in [0.1, 0.15) is 39.0 Å². The second kappa shape index (κ2) is 7.36. The van der Waals surface area contributed by atoms with Gasteiger partial charge in [0.05, 0.1) is 12.0 Å². The molecular weight excluding hydrogens is 380 g/mol. The lowest BCUT2D eigenvalue weighted by atomic mass is 9.90. The Morgan fingerprint density at radius 2 is 1.93 bits per heavy atom. The fraction of sp³-hybridized carbons (Fsp3) is 0.619. The Labute approximate surface area is 169 Å². The third kappa shape index (κ3) is 3.66. The van der Waals surface area contributed by atoms with E-state index in [4.69, 9.17) is 28.4 Å². The van der Waals surface area contributed by atoms with Gasteiger partial charge in [0.25, 0.3) is 0 Å². The highest BCUT2D eigenvalue weighted by atomic mass is 16.8. The molecule has 3 aliphatic rings. The van der Waals surface area contributed by atoms with Crippen LogP contribution >= 0.6 is 0 Å². The van der Waals surface area contributed by atoms with E-state index in [1.807, 2.05) is 30.3 Å². The normalized spacial score (nSPS) is 36.7. The number of ether oxygens (including phenoxy) is 6. The minimum Gasteiger partial charge on any atom is -0.455 e. The van der Waals surface area contributed by atoms with Crippen LogP contribution in [0.25, 0.3) is 0 Å². The maximum Gasteiger partial charge on any atom is 0.312 e. The molecule has 8 nitrogen and oxygen atoms in total. The quantitative estimate of drug-likeness (QED) is 0.705. The van der Waals surface area contributed by atoms with Crippen molar-refractivity contribution >= 4 is 11.9 Å². The molecule has 1 aromatic rings.